The second-order valence-corrected chi connectivity index (χ2v) is 7.75. The molecule has 1 saturated carbocycles. The first-order valence-electron chi connectivity index (χ1n) is 8.85. The Kier molecular flexibility index (Phi) is 4.05. The van der Waals surface area contributed by atoms with Crippen LogP contribution in [-0.2, 0) is 11.3 Å². The molecule has 2 aromatic heterocycles. The molecular weight excluding hydrogens is 366 g/mol. The zero-order valence-corrected chi connectivity index (χ0v) is 15.2. The van der Waals surface area contributed by atoms with E-state index in [0.29, 0.717) is 36.4 Å². The Morgan fingerprint density at radius 3 is 2.89 bits per heavy atom. The fraction of sp³-hybridized carbons (Fsp3) is 0.316. The lowest BCUT2D eigenvalue weighted by molar-refractivity contribution is -0.122. The molecular formula is C19H17N3O4S. The molecule has 1 amide bonds. The van der Waals surface area contributed by atoms with Crippen molar-refractivity contribution >= 4 is 17.2 Å². The van der Waals surface area contributed by atoms with E-state index in [9.17, 15) is 4.79 Å². The molecule has 1 atom stereocenters. The van der Waals surface area contributed by atoms with Crippen molar-refractivity contribution < 1.29 is 18.8 Å². The van der Waals surface area contributed by atoms with Gasteiger partial charge in [-0.1, -0.05) is 17.3 Å². The Balaban J connectivity index is 1.26. The number of carbonyl (C=O) groups excluding carboxylic acids is 1. The van der Waals surface area contributed by atoms with E-state index in [1.165, 1.54) is 11.3 Å². The molecule has 1 fully saturated rings. The first kappa shape index (κ1) is 16.3. The van der Waals surface area contributed by atoms with Crippen LogP contribution >= 0.6 is 11.3 Å². The van der Waals surface area contributed by atoms with Gasteiger partial charge >= 0.3 is 0 Å². The minimum absolute atomic E-state index is 0.140. The standard InChI is InChI=1S/C19H17N3O4S/c23-18(11-5-6-11)20-9-12-7-8-16(27-12)17-21-19(26-22-17)15-10-24-13-3-1-2-4-14(13)25-15/h1-4,7-8,11,15H,5-6,9-10H2,(H,20,23)/t15-/m0/s1. The number of fused-ring (bicyclic) bond motifs is 1. The summed E-state index contributed by atoms with van der Waals surface area (Å²) in [6, 6.07) is 11.4. The van der Waals surface area contributed by atoms with Crippen LogP contribution in [0.5, 0.6) is 11.5 Å². The highest BCUT2D eigenvalue weighted by atomic mass is 32.1. The third-order valence-electron chi connectivity index (χ3n) is 4.49. The molecule has 5 rings (SSSR count). The fourth-order valence-corrected chi connectivity index (χ4v) is 3.74. The molecule has 1 aliphatic heterocycles. The quantitative estimate of drug-likeness (QED) is 0.727. The number of nitrogens with zero attached hydrogens (tertiary/aromatic N) is 2. The highest BCUT2D eigenvalue weighted by Gasteiger charge is 2.30. The summed E-state index contributed by atoms with van der Waals surface area (Å²) in [5, 5.41) is 7.03. The summed E-state index contributed by atoms with van der Waals surface area (Å²) in [7, 11) is 0. The van der Waals surface area contributed by atoms with Gasteiger partial charge in [-0.2, -0.15) is 4.98 Å². The van der Waals surface area contributed by atoms with Gasteiger partial charge in [0.15, 0.2) is 11.5 Å². The lowest BCUT2D eigenvalue weighted by Gasteiger charge is -2.23. The van der Waals surface area contributed by atoms with Crippen molar-refractivity contribution in [3.63, 3.8) is 0 Å². The number of benzene rings is 1. The van der Waals surface area contributed by atoms with Gasteiger partial charge in [-0.15, -0.1) is 11.3 Å². The van der Waals surface area contributed by atoms with E-state index in [4.69, 9.17) is 14.0 Å². The molecule has 3 aromatic rings. The average molecular weight is 383 g/mol. The molecule has 0 saturated heterocycles. The van der Waals surface area contributed by atoms with Gasteiger partial charge in [0.2, 0.25) is 17.8 Å². The zero-order valence-electron chi connectivity index (χ0n) is 14.4. The van der Waals surface area contributed by atoms with Crippen molar-refractivity contribution in [3.05, 3.63) is 47.2 Å². The van der Waals surface area contributed by atoms with E-state index in [1.54, 1.807) is 0 Å². The van der Waals surface area contributed by atoms with Gasteiger partial charge in [0.1, 0.15) is 6.61 Å². The molecule has 2 aliphatic rings. The van der Waals surface area contributed by atoms with Gasteiger partial charge < -0.3 is 19.3 Å². The van der Waals surface area contributed by atoms with Crippen molar-refractivity contribution in [2.24, 2.45) is 5.92 Å². The van der Waals surface area contributed by atoms with Gasteiger partial charge in [0, 0.05) is 10.8 Å². The van der Waals surface area contributed by atoms with Gasteiger partial charge in [0.25, 0.3) is 5.89 Å². The van der Waals surface area contributed by atoms with Crippen LogP contribution in [0.4, 0.5) is 0 Å². The predicted molar refractivity (Wildman–Crippen MR) is 97.5 cm³/mol. The monoisotopic (exact) mass is 383 g/mol. The number of rotatable bonds is 5. The number of nitrogens with one attached hydrogen (secondary N) is 1. The molecule has 138 valence electrons. The molecule has 0 radical (unpaired) electrons. The van der Waals surface area contributed by atoms with Crippen LogP contribution in [0.1, 0.15) is 29.7 Å². The Bertz CT molecular complexity index is 979. The second kappa shape index (κ2) is 6.70. The zero-order chi connectivity index (χ0) is 18.2. The summed E-state index contributed by atoms with van der Waals surface area (Å²) < 4.78 is 17.0. The SMILES string of the molecule is O=C(NCc1ccc(-c2noc([C@@H]3COc4ccccc4O3)n2)s1)C1CC1. The molecule has 0 bridgehead atoms. The fourth-order valence-electron chi connectivity index (χ4n) is 2.86. The number of aromatic nitrogens is 2. The van der Waals surface area contributed by atoms with Crippen molar-refractivity contribution in [1.82, 2.24) is 15.5 Å². The van der Waals surface area contributed by atoms with Crippen LogP contribution in [0.3, 0.4) is 0 Å². The maximum atomic E-state index is 11.7. The molecule has 1 N–H and O–H groups in total. The Morgan fingerprint density at radius 1 is 1.19 bits per heavy atom. The number of thiophene rings is 1. The third-order valence-corrected chi connectivity index (χ3v) is 5.57. The molecule has 8 heteroatoms. The number of amides is 1. The Hall–Kier alpha value is -2.87. The molecule has 3 heterocycles. The van der Waals surface area contributed by atoms with E-state index in [-0.39, 0.29) is 11.8 Å². The van der Waals surface area contributed by atoms with Gasteiger partial charge in [-0.25, -0.2) is 0 Å². The van der Waals surface area contributed by atoms with Gasteiger partial charge in [-0.05, 0) is 37.1 Å². The Morgan fingerprint density at radius 2 is 2.04 bits per heavy atom. The van der Waals surface area contributed by atoms with Crippen LogP contribution in [0.25, 0.3) is 10.7 Å². The second-order valence-electron chi connectivity index (χ2n) is 6.58. The van der Waals surface area contributed by atoms with Crippen LogP contribution in [0, 0.1) is 5.92 Å². The molecule has 7 nitrogen and oxygen atoms in total. The lowest BCUT2D eigenvalue weighted by atomic mass is 10.2. The number of carbonyl (C=O) groups is 1. The maximum absolute atomic E-state index is 11.7. The summed E-state index contributed by atoms with van der Waals surface area (Å²) in [6.07, 6.45) is 1.58. The smallest absolute Gasteiger partial charge is 0.271 e. The highest BCUT2D eigenvalue weighted by Crippen LogP contribution is 2.36. The van der Waals surface area contributed by atoms with Gasteiger partial charge in [-0.3, -0.25) is 4.79 Å². The summed E-state index contributed by atoms with van der Waals surface area (Å²) in [5.41, 5.74) is 0. The molecule has 0 unspecified atom stereocenters. The van der Waals surface area contributed by atoms with Crippen LogP contribution in [-0.4, -0.2) is 22.7 Å². The van der Waals surface area contributed by atoms with Crippen molar-refractivity contribution in [2.75, 3.05) is 6.61 Å². The highest BCUT2D eigenvalue weighted by molar-refractivity contribution is 7.15. The van der Waals surface area contributed by atoms with Crippen molar-refractivity contribution in [3.8, 4) is 22.2 Å². The third kappa shape index (κ3) is 3.40. The molecule has 1 aliphatic carbocycles. The minimum Gasteiger partial charge on any atom is -0.485 e. The van der Waals surface area contributed by atoms with E-state index >= 15 is 0 Å². The molecule has 0 spiro atoms. The summed E-state index contributed by atoms with van der Waals surface area (Å²) >= 11 is 1.54. The van der Waals surface area contributed by atoms with Gasteiger partial charge in [0.05, 0.1) is 11.4 Å². The van der Waals surface area contributed by atoms with Crippen LogP contribution < -0.4 is 14.8 Å². The summed E-state index contributed by atoms with van der Waals surface area (Å²) in [5.74, 6) is 2.63. The van der Waals surface area contributed by atoms with E-state index in [0.717, 1.165) is 22.6 Å². The Labute approximate surface area is 159 Å². The first-order chi connectivity index (χ1) is 13.3. The largest absolute Gasteiger partial charge is 0.485 e. The van der Waals surface area contributed by atoms with Crippen LogP contribution in [0.2, 0.25) is 0 Å². The average Bonchev–Trinajstić information content (AvgIpc) is 3.25. The number of hydrogen-bond acceptors (Lipinski definition) is 7. The number of hydrogen-bond donors (Lipinski definition) is 1. The topological polar surface area (TPSA) is 86.5 Å². The number of para-hydroxylation sites is 2. The van der Waals surface area contributed by atoms with Crippen molar-refractivity contribution in [1.29, 1.82) is 0 Å². The predicted octanol–water partition coefficient (Wildman–Crippen LogP) is 3.34. The van der Waals surface area contributed by atoms with Crippen LogP contribution in [0.15, 0.2) is 40.9 Å². The van der Waals surface area contributed by atoms with E-state index in [2.05, 4.69) is 15.5 Å². The van der Waals surface area contributed by atoms with Crippen molar-refractivity contribution in [2.45, 2.75) is 25.5 Å². The lowest BCUT2D eigenvalue weighted by Crippen LogP contribution is -2.23. The first-order valence-corrected chi connectivity index (χ1v) is 9.67. The van der Waals surface area contributed by atoms with E-state index < -0.39 is 6.10 Å². The van der Waals surface area contributed by atoms with E-state index in [1.807, 2.05) is 36.4 Å². The normalized spacial score (nSPS) is 18.3. The molecule has 1 aromatic carbocycles. The summed E-state index contributed by atoms with van der Waals surface area (Å²) in [4.78, 5) is 18.2. The number of ether oxygens (including phenoxy) is 2. The molecule has 27 heavy (non-hydrogen) atoms. The maximum Gasteiger partial charge on any atom is 0.271 e. The summed E-state index contributed by atoms with van der Waals surface area (Å²) in [6.45, 7) is 0.850. The minimum atomic E-state index is -0.432.